The lowest BCUT2D eigenvalue weighted by molar-refractivity contribution is -0.167. The minimum Gasteiger partial charge on any atom is -0.462 e. The van der Waals surface area contributed by atoms with Crippen LogP contribution in [-0.2, 0) is 28.6 Å². The van der Waals surface area contributed by atoms with Crippen LogP contribution in [0.1, 0.15) is 412 Å². The molecule has 1 unspecified atom stereocenters. The van der Waals surface area contributed by atoms with E-state index in [0.29, 0.717) is 19.3 Å². The highest BCUT2D eigenvalue weighted by Crippen LogP contribution is 2.19. The molecule has 0 aliphatic rings. The second-order valence-electron chi connectivity index (χ2n) is 24.2. The lowest BCUT2D eigenvalue weighted by atomic mass is 10.0. The predicted molar refractivity (Wildman–Crippen MR) is 330 cm³/mol. The molecule has 0 amide bonds. The van der Waals surface area contributed by atoms with Crippen LogP contribution >= 0.6 is 0 Å². The second-order valence-corrected chi connectivity index (χ2v) is 24.2. The molecule has 452 valence electrons. The van der Waals surface area contributed by atoms with Crippen LogP contribution in [0, 0.1) is 0 Å². The highest BCUT2D eigenvalue weighted by atomic mass is 16.6. The van der Waals surface area contributed by atoms with E-state index in [0.717, 1.165) is 57.8 Å². The van der Waals surface area contributed by atoms with Gasteiger partial charge in [-0.2, -0.15) is 0 Å². The summed E-state index contributed by atoms with van der Waals surface area (Å²) in [6.45, 7) is 6.71. The van der Waals surface area contributed by atoms with Crippen molar-refractivity contribution in [1.29, 1.82) is 0 Å². The first-order valence-corrected chi connectivity index (χ1v) is 35.0. The van der Waals surface area contributed by atoms with E-state index in [2.05, 4.69) is 20.8 Å². The van der Waals surface area contributed by atoms with Gasteiger partial charge in [-0.1, -0.05) is 374 Å². The highest BCUT2D eigenvalue weighted by Gasteiger charge is 2.19. The maximum atomic E-state index is 12.9. The van der Waals surface area contributed by atoms with Crippen molar-refractivity contribution < 1.29 is 28.6 Å². The van der Waals surface area contributed by atoms with Crippen LogP contribution in [0.15, 0.2) is 0 Å². The molecule has 0 aromatic heterocycles. The smallest absolute Gasteiger partial charge is 0.306 e. The molecule has 0 bridgehead atoms. The van der Waals surface area contributed by atoms with E-state index in [9.17, 15) is 14.4 Å². The number of carbonyl (C=O) groups excluding carboxylic acids is 3. The van der Waals surface area contributed by atoms with Gasteiger partial charge in [-0.15, -0.1) is 0 Å². The molecule has 1 atom stereocenters. The van der Waals surface area contributed by atoms with Gasteiger partial charge in [0.25, 0.3) is 0 Å². The predicted octanol–water partition coefficient (Wildman–Crippen LogP) is 23.8. The minimum absolute atomic E-state index is 0.0609. The Balaban J connectivity index is 4.01. The Morgan fingerprint density at radius 1 is 0.211 bits per heavy atom. The number of ether oxygens (including phenoxy) is 3. The van der Waals surface area contributed by atoms with E-state index in [1.54, 1.807) is 0 Å². The zero-order valence-electron chi connectivity index (χ0n) is 52.1. The summed E-state index contributed by atoms with van der Waals surface area (Å²) in [5, 5.41) is 0. The normalized spacial score (nSPS) is 11.9. The third-order valence-corrected chi connectivity index (χ3v) is 16.4. The Labute approximate surface area is 476 Å². The summed E-state index contributed by atoms with van der Waals surface area (Å²) in [6, 6.07) is 0. The van der Waals surface area contributed by atoms with Crippen LogP contribution < -0.4 is 0 Å². The molecule has 0 radical (unpaired) electrons. The Hall–Kier alpha value is -1.59. The largest absolute Gasteiger partial charge is 0.462 e. The maximum absolute atomic E-state index is 12.9. The van der Waals surface area contributed by atoms with Crippen LogP contribution in [0.25, 0.3) is 0 Å². The number of hydrogen-bond acceptors (Lipinski definition) is 6. The first kappa shape index (κ1) is 74.4. The minimum atomic E-state index is -0.762. The van der Waals surface area contributed by atoms with Crippen molar-refractivity contribution in [1.82, 2.24) is 0 Å². The number of hydrogen-bond donors (Lipinski definition) is 0. The lowest BCUT2D eigenvalue weighted by Gasteiger charge is -2.18. The third kappa shape index (κ3) is 63.2. The van der Waals surface area contributed by atoms with Crippen molar-refractivity contribution in [2.24, 2.45) is 0 Å². The molecule has 0 aliphatic carbocycles. The molecule has 0 rings (SSSR count). The maximum Gasteiger partial charge on any atom is 0.306 e. The molecule has 0 saturated carbocycles. The van der Waals surface area contributed by atoms with E-state index < -0.39 is 6.10 Å². The zero-order valence-corrected chi connectivity index (χ0v) is 52.1. The molecule has 0 aromatic carbocycles. The van der Waals surface area contributed by atoms with Gasteiger partial charge < -0.3 is 14.2 Å². The van der Waals surface area contributed by atoms with Gasteiger partial charge in [0.15, 0.2) is 6.10 Å². The number of rotatable bonds is 66. The molecule has 0 saturated heterocycles. The molecule has 0 aromatic rings. The first-order valence-electron chi connectivity index (χ1n) is 35.0. The third-order valence-electron chi connectivity index (χ3n) is 16.4. The summed E-state index contributed by atoms with van der Waals surface area (Å²) in [4.78, 5) is 38.2. The molecule has 0 aliphatic heterocycles. The summed E-state index contributed by atoms with van der Waals surface area (Å²) >= 11 is 0. The van der Waals surface area contributed by atoms with Crippen molar-refractivity contribution >= 4 is 17.9 Å². The molecule has 0 fully saturated rings. The molecular formula is C70H136O6. The molecular weight excluding hydrogens is 937 g/mol. The second kappa shape index (κ2) is 65.9. The molecule has 0 spiro atoms. The molecule has 76 heavy (non-hydrogen) atoms. The van der Waals surface area contributed by atoms with E-state index in [-0.39, 0.29) is 31.1 Å². The molecule has 0 N–H and O–H groups in total. The van der Waals surface area contributed by atoms with E-state index in [4.69, 9.17) is 14.2 Å². The van der Waals surface area contributed by atoms with Crippen molar-refractivity contribution in [3.8, 4) is 0 Å². The average molecular weight is 1070 g/mol. The van der Waals surface area contributed by atoms with Crippen LogP contribution in [0.5, 0.6) is 0 Å². The number of esters is 3. The van der Waals surface area contributed by atoms with Gasteiger partial charge >= 0.3 is 17.9 Å². The van der Waals surface area contributed by atoms with E-state index in [1.807, 2.05) is 0 Å². The fourth-order valence-corrected chi connectivity index (χ4v) is 11.1. The van der Waals surface area contributed by atoms with Crippen LogP contribution in [0.3, 0.4) is 0 Å². The Kier molecular flexibility index (Phi) is 64.5. The van der Waals surface area contributed by atoms with Crippen LogP contribution in [-0.4, -0.2) is 37.2 Å². The Morgan fingerprint density at radius 3 is 0.526 bits per heavy atom. The van der Waals surface area contributed by atoms with E-state index >= 15 is 0 Å². The standard InChI is InChI=1S/C70H136O6/c1-4-7-10-13-16-19-21-23-25-27-29-30-31-32-33-34-35-36-37-38-39-40-41-43-44-46-48-51-54-57-60-63-69(72)75-66-67(65-74-68(71)62-59-56-53-50-18-15-12-9-6-3)76-70(73)64-61-58-55-52-49-47-45-42-28-26-24-22-20-17-14-11-8-5-2/h67H,4-66H2,1-3H3. The van der Waals surface area contributed by atoms with Gasteiger partial charge in [0.2, 0.25) is 0 Å². The van der Waals surface area contributed by atoms with Gasteiger partial charge in [0.1, 0.15) is 13.2 Å². The summed E-state index contributed by atoms with van der Waals surface area (Å²) < 4.78 is 16.9. The van der Waals surface area contributed by atoms with Gasteiger partial charge in [-0.25, -0.2) is 0 Å². The van der Waals surface area contributed by atoms with Crippen LogP contribution in [0.4, 0.5) is 0 Å². The molecule has 6 nitrogen and oxygen atoms in total. The van der Waals surface area contributed by atoms with Gasteiger partial charge in [-0.3, -0.25) is 14.4 Å². The summed E-state index contributed by atoms with van der Waals surface area (Å²) in [6.07, 6.45) is 77.3. The molecule has 6 heteroatoms. The lowest BCUT2D eigenvalue weighted by Crippen LogP contribution is -2.30. The summed E-state index contributed by atoms with van der Waals surface area (Å²) in [5.74, 6) is -0.829. The van der Waals surface area contributed by atoms with Crippen LogP contribution in [0.2, 0.25) is 0 Å². The quantitative estimate of drug-likeness (QED) is 0.0343. The average Bonchev–Trinajstić information content (AvgIpc) is 3.42. The van der Waals surface area contributed by atoms with Crippen molar-refractivity contribution in [2.75, 3.05) is 13.2 Å². The Morgan fingerprint density at radius 2 is 0.355 bits per heavy atom. The molecule has 0 heterocycles. The Bertz CT molecular complexity index is 1140. The zero-order chi connectivity index (χ0) is 55.0. The topological polar surface area (TPSA) is 78.9 Å². The van der Waals surface area contributed by atoms with E-state index in [1.165, 1.54) is 315 Å². The fraction of sp³-hybridized carbons (Fsp3) is 0.957. The number of carbonyl (C=O) groups is 3. The number of unbranched alkanes of at least 4 members (excludes halogenated alkanes) is 55. The van der Waals surface area contributed by atoms with Crippen molar-refractivity contribution in [2.45, 2.75) is 419 Å². The van der Waals surface area contributed by atoms with Gasteiger partial charge in [0.05, 0.1) is 0 Å². The monoisotopic (exact) mass is 1070 g/mol. The van der Waals surface area contributed by atoms with Crippen molar-refractivity contribution in [3.63, 3.8) is 0 Å². The summed E-state index contributed by atoms with van der Waals surface area (Å²) in [5.41, 5.74) is 0. The van der Waals surface area contributed by atoms with Gasteiger partial charge in [0, 0.05) is 19.3 Å². The highest BCUT2D eigenvalue weighted by molar-refractivity contribution is 5.71. The van der Waals surface area contributed by atoms with Crippen molar-refractivity contribution in [3.05, 3.63) is 0 Å². The van der Waals surface area contributed by atoms with Gasteiger partial charge in [-0.05, 0) is 19.3 Å². The first-order chi connectivity index (χ1) is 37.5. The summed E-state index contributed by atoms with van der Waals surface area (Å²) in [7, 11) is 0. The fourth-order valence-electron chi connectivity index (χ4n) is 11.1. The SMILES string of the molecule is CCCCCCCCCCCCCCCCCCCCCCCCCCCCCCCCCC(=O)OCC(COC(=O)CCCCCCCCCCC)OC(=O)CCCCCCCCCCCCCCCCCCCC.